The topological polar surface area (TPSA) is 232 Å². The lowest BCUT2D eigenvalue weighted by Crippen LogP contribution is -2.32. The zero-order valence-corrected chi connectivity index (χ0v) is 34.9. The molecule has 4 aliphatic rings. The molecule has 5 heterocycles. The maximum atomic E-state index is 12.2. The van der Waals surface area contributed by atoms with Gasteiger partial charge in [-0.15, -0.1) is 10.1 Å². The van der Waals surface area contributed by atoms with Crippen LogP contribution in [-0.2, 0) is 52.8 Å². The van der Waals surface area contributed by atoms with E-state index in [1.165, 1.54) is 58.0 Å². The molecule has 4 aliphatic heterocycles. The van der Waals surface area contributed by atoms with Gasteiger partial charge in [0.1, 0.15) is 5.03 Å². The summed E-state index contributed by atoms with van der Waals surface area (Å²) in [5.74, 6) is -4.99. The van der Waals surface area contributed by atoms with Crippen LogP contribution >= 0.6 is 21.6 Å². The lowest BCUT2D eigenvalue weighted by Gasteiger charge is -2.16. The highest BCUT2D eigenvalue weighted by atomic mass is 33.1. The maximum Gasteiger partial charge on any atom is 0.363 e. The van der Waals surface area contributed by atoms with Crippen molar-refractivity contribution >= 4 is 97.9 Å². The molecular formula is C44H33N5O13S2. The third-order valence-corrected chi connectivity index (χ3v) is 11.2. The number of ketones is 1. The fourth-order valence-electron chi connectivity index (χ4n) is 5.82. The number of hydrogen-bond acceptors (Lipinski definition) is 16. The largest absolute Gasteiger partial charge is 0.363 e. The number of carbonyl (C=O) groups excluding carboxylic acids is 11. The van der Waals surface area contributed by atoms with Crippen LogP contribution in [0.3, 0.4) is 0 Å². The fraction of sp³-hybridized carbons (Fsp3) is 0.136. The van der Waals surface area contributed by atoms with Gasteiger partial charge in [0.15, 0.2) is 5.78 Å². The lowest BCUT2D eigenvalue weighted by molar-refractivity contribution is -0.197. The first kappa shape index (κ1) is 45.7. The maximum absolute atomic E-state index is 12.2. The average Bonchev–Trinajstić information content (AvgIpc) is 4.04. The van der Waals surface area contributed by atoms with Gasteiger partial charge in [0.2, 0.25) is 0 Å². The molecule has 8 amide bonds. The van der Waals surface area contributed by atoms with E-state index in [1.807, 2.05) is 24.3 Å². The molecule has 0 atom stereocenters. The predicted octanol–water partition coefficient (Wildman–Crippen LogP) is 4.50. The van der Waals surface area contributed by atoms with Crippen molar-refractivity contribution in [3.63, 3.8) is 0 Å². The Balaban J connectivity index is 0.000000160. The molecule has 20 heteroatoms. The van der Waals surface area contributed by atoms with Gasteiger partial charge in [-0.1, -0.05) is 53.3 Å². The molecular weight excluding hydrogens is 871 g/mol. The van der Waals surface area contributed by atoms with E-state index in [0.717, 1.165) is 27.0 Å². The molecule has 0 aliphatic carbocycles. The number of anilines is 2. The quantitative estimate of drug-likeness (QED) is 0.0824. The minimum atomic E-state index is -0.928. The molecule has 2 fully saturated rings. The number of carbonyl (C=O) groups is 11. The molecule has 2 saturated heterocycles. The summed E-state index contributed by atoms with van der Waals surface area (Å²) in [6.07, 6.45) is 6.72. The van der Waals surface area contributed by atoms with Crippen LogP contribution in [-0.4, -0.2) is 85.8 Å². The van der Waals surface area contributed by atoms with Crippen LogP contribution in [0.25, 0.3) is 0 Å². The van der Waals surface area contributed by atoms with E-state index in [4.69, 9.17) is 9.68 Å². The predicted molar refractivity (Wildman–Crippen MR) is 227 cm³/mol. The van der Waals surface area contributed by atoms with Crippen molar-refractivity contribution in [1.82, 2.24) is 15.1 Å². The third-order valence-electron chi connectivity index (χ3n) is 8.93. The van der Waals surface area contributed by atoms with Gasteiger partial charge < -0.3 is 9.68 Å². The molecule has 64 heavy (non-hydrogen) atoms. The van der Waals surface area contributed by atoms with E-state index in [-0.39, 0.29) is 61.0 Å². The monoisotopic (exact) mass is 903 g/mol. The standard InChI is InChI=1S/C17H11NO3.C15H10N2O6.C12H12N2O4S2/c19-15-10-11-16(20)18(15)14-8-6-13(7-9-14)17(21)12-4-2-1-3-5-12;18-11-4-5-12(19)16(11)10-3-1-2-9(8-10)15(22)23-17-13(20)6-7-14(17)21;15-10-4-5-11(16)14(10)18-12(17)6-8-19-20-9-3-1-2-7-13-9/h1-11H;1-5,8H,6-7H2;1-3,7H,4-6,8H2. The molecule has 0 radical (unpaired) electrons. The summed E-state index contributed by atoms with van der Waals surface area (Å²) < 4.78 is 0. The van der Waals surface area contributed by atoms with E-state index in [0.29, 0.717) is 32.7 Å². The van der Waals surface area contributed by atoms with Crippen molar-refractivity contribution < 1.29 is 62.4 Å². The van der Waals surface area contributed by atoms with Crippen LogP contribution in [0.5, 0.6) is 0 Å². The molecule has 0 bridgehead atoms. The highest BCUT2D eigenvalue weighted by molar-refractivity contribution is 8.76. The van der Waals surface area contributed by atoms with Gasteiger partial charge in [-0.05, 0) is 65.4 Å². The first-order chi connectivity index (χ1) is 30.8. The molecule has 0 unspecified atom stereocenters. The van der Waals surface area contributed by atoms with Gasteiger partial charge in [-0.3, -0.25) is 43.2 Å². The van der Waals surface area contributed by atoms with E-state index in [9.17, 15) is 52.7 Å². The third kappa shape index (κ3) is 11.5. The normalized spacial score (nSPS) is 15.4. The van der Waals surface area contributed by atoms with Crippen LogP contribution in [0.1, 0.15) is 58.4 Å². The molecule has 4 aromatic rings. The number of aromatic nitrogens is 1. The number of pyridine rings is 1. The second-order valence-electron chi connectivity index (χ2n) is 13.3. The van der Waals surface area contributed by atoms with Crippen molar-refractivity contribution in [2.75, 3.05) is 15.6 Å². The van der Waals surface area contributed by atoms with Crippen LogP contribution in [0.2, 0.25) is 0 Å². The summed E-state index contributed by atoms with van der Waals surface area (Å²) in [5.41, 5.74) is 1.76. The van der Waals surface area contributed by atoms with Crippen molar-refractivity contribution in [2.24, 2.45) is 0 Å². The van der Waals surface area contributed by atoms with Crippen LogP contribution in [0.15, 0.2) is 133 Å². The lowest BCUT2D eigenvalue weighted by atomic mass is 10.0. The molecule has 8 rings (SSSR count). The molecule has 1 aromatic heterocycles. The van der Waals surface area contributed by atoms with E-state index in [1.54, 1.807) is 54.7 Å². The number of hydroxylamine groups is 4. The number of benzene rings is 3. The van der Waals surface area contributed by atoms with Crippen molar-refractivity contribution in [2.45, 2.75) is 37.1 Å². The molecule has 324 valence electrons. The van der Waals surface area contributed by atoms with Gasteiger partial charge in [0.25, 0.3) is 47.3 Å². The van der Waals surface area contributed by atoms with Crippen molar-refractivity contribution in [1.29, 1.82) is 0 Å². The van der Waals surface area contributed by atoms with Crippen LogP contribution in [0, 0.1) is 0 Å². The number of rotatable bonds is 12. The summed E-state index contributed by atoms with van der Waals surface area (Å²) in [4.78, 5) is 143. The Morgan fingerprint density at radius 3 is 1.58 bits per heavy atom. The second kappa shape index (κ2) is 21.3. The van der Waals surface area contributed by atoms with Crippen LogP contribution in [0.4, 0.5) is 11.4 Å². The number of nitrogens with zero attached hydrogens (tertiary/aromatic N) is 5. The molecule has 0 saturated carbocycles. The smallest absolute Gasteiger partial charge is 0.330 e. The van der Waals surface area contributed by atoms with Gasteiger partial charge in [-0.25, -0.2) is 24.4 Å². The SMILES string of the molecule is O=C(CCSSc1ccccn1)ON1C(=O)CCC1=O.O=C(ON1C(=O)CCC1=O)c1cccc(N2C(=O)C=CC2=O)c1.O=C(c1ccccc1)c1ccc(N2C(=O)C=CC2=O)cc1. The Morgan fingerprint density at radius 2 is 1.03 bits per heavy atom. The van der Waals surface area contributed by atoms with Crippen molar-refractivity contribution in [3.8, 4) is 0 Å². The highest BCUT2D eigenvalue weighted by Gasteiger charge is 2.34. The number of hydrogen-bond donors (Lipinski definition) is 0. The van der Waals surface area contributed by atoms with Gasteiger partial charge in [0, 0.05) is 73.1 Å². The van der Waals surface area contributed by atoms with Crippen LogP contribution < -0.4 is 9.80 Å². The Morgan fingerprint density at radius 1 is 0.531 bits per heavy atom. The van der Waals surface area contributed by atoms with E-state index < -0.39 is 47.4 Å². The Kier molecular flexibility index (Phi) is 15.2. The highest BCUT2D eigenvalue weighted by Crippen LogP contribution is 2.29. The molecule has 3 aromatic carbocycles. The number of imide groups is 4. The van der Waals surface area contributed by atoms with Gasteiger partial charge in [0.05, 0.1) is 23.4 Å². The Labute approximate surface area is 371 Å². The Hall–Kier alpha value is -7.84. The van der Waals surface area contributed by atoms with E-state index in [2.05, 4.69) is 4.98 Å². The fourth-order valence-corrected chi connectivity index (χ4v) is 7.67. The zero-order valence-electron chi connectivity index (χ0n) is 33.2. The summed E-state index contributed by atoms with van der Waals surface area (Å²) in [6, 6.07) is 26.5. The summed E-state index contributed by atoms with van der Waals surface area (Å²) >= 11 is 0. The summed E-state index contributed by atoms with van der Waals surface area (Å²) in [7, 11) is 2.92. The second-order valence-corrected chi connectivity index (χ2v) is 15.7. The Bertz CT molecular complexity index is 2530. The van der Waals surface area contributed by atoms with Gasteiger partial charge >= 0.3 is 11.9 Å². The van der Waals surface area contributed by atoms with Crippen molar-refractivity contribution in [3.05, 3.63) is 144 Å². The van der Waals surface area contributed by atoms with E-state index >= 15 is 0 Å². The summed E-state index contributed by atoms with van der Waals surface area (Å²) in [6.45, 7) is 0. The average molecular weight is 904 g/mol. The minimum absolute atomic E-state index is 0.00231. The van der Waals surface area contributed by atoms with Gasteiger partial charge in [-0.2, -0.15) is 0 Å². The minimum Gasteiger partial charge on any atom is -0.330 e. The first-order valence-electron chi connectivity index (χ1n) is 19.1. The zero-order chi connectivity index (χ0) is 45.8. The summed E-state index contributed by atoms with van der Waals surface area (Å²) in [5, 5.41) is 1.86. The molecule has 0 spiro atoms. The first-order valence-corrected chi connectivity index (χ1v) is 21.4. The molecule has 18 nitrogen and oxygen atoms in total. The number of amides is 8. The molecule has 0 N–H and O–H groups in total.